The summed E-state index contributed by atoms with van der Waals surface area (Å²) in [6, 6.07) is 7.90. The van der Waals surface area contributed by atoms with E-state index in [0.29, 0.717) is 38.9 Å². The molecule has 3 heterocycles. The van der Waals surface area contributed by atoms with Gasteiger partial charge >= 0.3 is 0 Å². The molecule has 2 fully saturated rings. The first-order valence-electron chi connectivity index (χ1n) is 9.27. The lowest BCUT2D eigenvalue weighted by atomic mass is 10.0. The fourth-order valence-corrected chi connectivity index (χ4v) is 4.06. The summed E-state index contributed by atoms with van der Waals surface area (Å²) in [6.07, 6.45) is 4.15. The van der Waals surface area contributed by atoms with Crippen LogP contribution >= 0.6 is 0 Å². The summed E-state index contributed by atoms with van der Waals surface area (Å²) in [5, 5.41) is 10.8. The number of likely N-dealkylation sites (tertiary alicyclic amines) is 2. The molecule has 0 saturated carbocycles. The summed E-state index contributed by atoms with van der Waals surface area (Å²) in [7, 11) is 0. The molecule has 2 aliphatic rings. The standard InChI is InChI=1S/C19H26N4O2/c24-18(8-7-17-20-15-5-1-2-6-16(15)21-17)23-12-9-19(25,14-23)13-22-10-3-4-11-22/h1-2,5-6,25H,3-4,7-14H2,(H,20,21). The van der Waals surface area contributed by atoms with Gasteiger partial charge in [0, 0.05) is 25.9 Å². The third-order valence-electron chi connectivity index (χ3n) is 5.42. The Morgan fingerprint density at radius 3 is 2.84 bits per heavy atom. The number of rotatable bonds is 5. The van der Waals surface area contributed by atoms with E-state index in [0.717, 1.165) is 29.9 Å². The van der Waals surface area contributed by atoms with E-state index in [2.05, 4.69) is 14.9 Å². The van der Waals surface area contributed by atoms with Gasteiger partial charge in [-0.2, -0.15) is 0 Å². The molecule has 6 nitrogen and oxygen atoms in total. The van der Waals surface area contributed by atoms with Gasteiger partial charge in [-0.15, -0.1) is 0 Å². The van der Waals surface area contributed by atoms with Gasteiger partial charge in [0.2, 0.25) is 5.91 Å². The molecule has 1 amide bonds. The van der Waals surface area contributed by atoms with E-state index in [4.69, 9.17) is 0 Å². The maximum Gasteiger partial charge on any atom is 0.223 e. The monoisotopic (exact) mass is 342 g/mol. The van der Waals surface area contributed by atoms with Crippen molar-refractivity contribution in [3.63, 3.8) is 0 Å². The van der Waals surface area contributed by atoms with Crippen molar-refractivity contribution in [1.29, 1.82) is 0 Å². The summed E-state index contributed by atoms with van der Waals surface area (Å²) < 4.78 is 0. The molecule has 1 aromatic carbocycles. The van der Waals surface area contributed by atoms with Crippen molar-refractivity contribution in [2.45, 2.75) is 37.7 Å². The van der Waals surface area contributed by atoms with Crippen LogP contribution in [0.25, 0.3) is 11.0 Å². The Kier molecular flexibility index (Phi) is 4.48. The van der Waals surface area contributed by atoms with Crippen LogP contribution in [0.15, 0.2) is 24.3 Å². The molecule has 2 N–H and O–H groups in total. The van der Waals surface area contributed by atoms with Crippen LogP contribution in [0.1, 0.15) is 31.5 Å². The summed E-state index contributed by atoms with van der Waals surface area (Å²) in [5.74, 6) is 0.957. The number of aryl methyl sites for hydroxylation is 1. The highest BCUT2D eigenvalue weighted by atomic mass is 16.3. The lowest BCUT2D eigenvalue weighted by Gasteiger charge is -2.28. The Morgan fingerprint density at radius 1 is 1.24 bits per heavy atom. The Hall–Kier alpha value is -1.92. The number of para-hydroxylation sites is 2. The number of hydrogen-bond acceptors (Lipinski definition) is 4. The maximum absolute atomic E-state index is 12.5. The number of imidazole rings is 1. The Labute approximate surface area is 147 Å². The minimum Gasteiger partial charge on any atom is -0.387 e. The van der Waals surface area contributed by atoms with Crippen molar-refractivity contribution < 1.29 is 9.90 Å². The fraction of sp³-hybridized carbons (Fsp3) is 0.579. The van der Waals surface area contributed by atoms with Gasteiger partial charge in [-0.25, -0.2) is 4.98 Å². The fourth-order valence-electron chi connectivity index (χ4n) is 4.06. The number of nitrogens with zero attached hydrogens (tertiary/aromatic N) is 3. The zero-order valence-corrected chi connectivity index (χ0v) is 14.6. The molecular weight excluding hydrogens is 316 g/mol. The lowest BCUT2D eigenvalue weighted by Crippen LogP contribution is -2.45. The van der Waals surface area contributed by atoms with Crippen LogP contribution in [0, 0.1) is 0 Å². The molecule has 2 aliphatic heterocycles. The number of carbonyl (C=O) groups excluding carboxylic acids is 1. The van der Waals surface area contributed by atoms with Gasteiger partial charge in [0.05, 0.1) is 23.2 Å². The van der Waals surface area contributed by atoms with E-state index in [1.807, 2.05) is 29.2 Å². The van der Waals surface area contributed by atoms with Crippen molar-refractivity contribution in [3.8, 4) is 0 Å². The van der Waals surface area contributed by atoms with Crippen LogP contribution in [0.3, 0.4) is 0 Å². The predicted octanol–water partition coefficient (Wildman–Crippen LogP) is 1.55. The van der Waals surface area contributed by atoms with Gasteiger partial charge < -0.3 is 19.9 Å². The van der Waals surface area contributed by atoms with E-state index in [9.17, 15) is 9.90 Å². The van der Waals surface area contributed by atoms with Gasteiger partial charge in [0.1, 0.15) is 5.82 Å². The average Bonchev–Trinajstić information content (AvgIpc) is 3.32. The highest BCUT2D eigenvalue weighted by Gasteiger charge is 2.39. The predicted molar refractivity (Wildman–Crippen MR) is 96.2 cm³/mol. The molecule has 1 aromatic heterocycles. The second kappa shape index (κ2) is 6.77. The van der Waals surface area contributed by atoms with Gasteiger partial charge in [-0.05, 0) is 44.5 Å². The smallest absolute Gasteiger partial charge is 0.223 e. The summed E-state index contributed by atoms with van der Waals surface area (Å²) >= 11 is 0. The number of aromatic amines is 1. The van der Waals surface area contributed by atoms with Crippen molar-refractivity contribution in [2.24, 2.45) is 0 Å². The van der Waals surface area contributed by atoms with Gasteiger partial charge in [0.15, 0.2) is 0 Å². The van der Waals surface area contributed by atoms with E-state index < -0.39 is 5.60 Å². The van der Waals surface area contributed by atoms with Crippen LogP contribution in [0.5, 0.6) is 0 Å². The molecule has 6 heteroatoms. The topological polar surface area (TPSA) is 72.5 Å². The minimum atomic E-state index is -0.737. The highest BCUT2D eigenvalue weighted by molar-refractivity contribution is 5.77. The first-order valence-corrected chi connectivity index (χ1v) is 9.27. The van der Waals surface area contributed by atoms with Crippen molar-refractivity contribution in [2.75, 3.05) is 32.7 Å². The molecule has 2 saturated heterocycles. The van der Waals surface area contributed by atoms with E-state index in [-0.39, 0.29) is 5.91 Å². The summed E-state index contributed by atoms with van der Waals surface area (Å²) in [5.41, 5.74) is 1.21. The number of benzene rings is 1. The minimum absolute atomic E-state index is 0.109. The first kappa shape index (κ1) is 16.5. The Morgan fingerprint density at radius 2 is 2.04 bits per heavy atom. The third kappa shape index (κ3) is 3.70. The normalized spacial score (nSPS) is 24.4. The molecule has 2 aromatic rings. The zero-order valence-electron chi connectivity index (χ0n) is 14.6. The Balaban J connectivity index is 1.30. The molecule has 1 unspecified atom stereocenters. The summed E-state index contributed by atoms with van der Waals surface area (Å²) in [6.45, 7) is 3.96. The molecule has 0 radical (unpaired) electrons. The largest absolute Gasteiger partial charge is 0.387 e. The highest BCUT2D eigenvalue weighted by Crippen LogP contribution is 2.25. The molecule has 0 spiro atoms. The summed E-state index contributed by atoms with van der Waals surface area (Å²) in [4.78, 5) is 24.5. The number of carbonyl (C=O) groups is 1. The molecule has 4 rings (SSSR count). The second-order valence-corrected chi connectivity index (χ2v) is 7.47. The molecule has 0 aliphatic carbocycles. The van der Waals surface area contributed by atoms with Crippen LogP contribution < -0.4 is 0 Å². The second-order valence-electron chi connectivity index (χ2n) is 7.47. The third-order valence-corrected chi connectivity index (χ3v) is 5.42. The van der Waals surface area contributed by atoms with Crippen LogP contribution in [-0.4, -0.2) is 69.1 Å². The van der Waals surface area contributed by atoms with Gasteiger partial charge in [-0.1, -0.05) is 12.1 Å². The number of amides is 1. The van der Waals surface area contributed by atoms with Crippen LogP contribution in [0.4, 0.5) is 0 Å². The van der Waals surface area contributed by atoms with Crippen molar-refractivity contribution in [1.82, 2.24) is 19.8 Å². The maximum atomic E-state index is 12.5. The first-order chi connectivity index (χ1) is 12.1. The SMILES string of the molecule is O=C(CCc1nc2ccccc2[nH]1)N1CCC(O)(CN2CCCC2)C1. The number of aromatic nitrogens is 2. The number of fused-ring (bicyclic) bond motifs is 1. The number of nitrogens with one attached hydrogen (secondary N) is 1. The van der Waals surface area contributed by atoms with Crippen molar-refractivity contribution >= 4 is 16.9 Å². The molecular formula is C19H26N4O2. The Bertz CT molecular complexity index is 720. The average molecular weight is 342 g/mol. The molecule has 1 atom stereocenters. The number of aliphatic hydroxyl groups is 1. The molecule has 0 bridgehead atoms. The quantitative estimate of drug-likeness (QED) is 0.865. The van der Waals surface area contributed by atoms with Crippen LogP contribution in [-0.2, 0) is 11.2 Å². The van der Waals surface area contributed by atoms with E-state index in [1.54, 1.807) is 0 Å². The van der Waals surface area contributed by atoms with Crippen molar-refractivity contribution in [3.05, 3.63) is 30.1 Å². The van der Waals surface area contributed by atoms with E-state index in [1.165, 1.54) is 12.8 Å². The number of hydrogen-bond donors (Lipinski definition) is 2. The van der Waals surface area contributed by atoms with E-state index >= 15 is 0 Å². The zero-order chi connectivity index (χ0) is 17.3. The number of β-amino-alcohol motifs (C(OH)–C–C–N with tert-alkyl or cyclic N) is 1. The van der Waals surface area contributed by atoms with Gasteiger partial charge in [0.25, 0.3) is 0 Å². The molecule has 25 heavy (non-hydrogen) atoms. The number of H-pyrrole nitrogens is 1. The molecule has 134 valence electrons. The lowest BCUT2D eigenvalue weighted by molar-refractivity contribution is -0.131. The van der Waals surface area contributed by atoms with Gasteiger partial charge in [-0.3, -0.25) is 4.79 Å². The van der Waals surface area contributed by atoms with Crippen LogP contribution in [0.2, 0.25) is 0 Å².